The summed E-state index contributed by atoms with van der Waals surface area (Å²) in [7, 11) is 1.41. The minimum absolute atomic E-state index is 0.0990. The van der Waals surface area contributed by atoms with E-state index in [-0.39, 0.29) is 18.5 Å². The highest BCUT2D eigenvalue weighted by Crippen LogP contribution is 2.16. The topological polar surface area (TPSA) is 58.6 Å². The lowest BCUT2D eigenvalue weighted by molar-refractivity contribution is -0.143. The summed E-state index contributed by atoms with van der Waals surface area (Å²) in [6.45, 7) is 3.03. The molecule has 0 saturated carbocycles. The summed E-state index contributed by atoms with van der Waals surface area (Å²) in [5, 5.41) is 12.5. The van der Waals surface area contributed by atoms with Crippen LogP contribution in [0, 0.1) is 5.82 Å². The fraction of sp³-hybridized carbons (Fsp3) is 0.500. The fourth-order valence-electron chi connectivity index (χ4n) is 1.79. The van der Waals surface area contributed by atoms with Crippen LogP contribution in [-0.4, -0.2) is 36.4 Å². The molecule has 0 saturated heterocycles. The highest BCUT2D eigenvalue weighted by atomic mass is 79.9. The molecule has 0 radical (unpaired) electrons. The summed E-state index contributed by atoms with van der Waals surface area (Å²) >= 11 is 3.19. The molecule has 0 spiro atoms. The van der Waals surface area contributed by atoms with Gasteiger partial charge >= 0.3 is 0 Å². The Morgan fingerprint density at radius 1 is 1.60 bits per heavy atom. The minimum atomic E-state index is -1.60. The summed E-state index contributed by atoms with van der Waals surface area (Å²) in [5.41, 5.74) is -1.09. The van der Waals surface area contributed by atoms with Gasteiger partial charge in [-0.05, 0) is 38.0 Å². The molecule has 0 fully saturated rings. The Morgan fingerprint density at radius 3 is 2.80 bits per heavy atom. The van der Waals surface area contributed by atoms with Crippen molar-refractivity contribution in [2.45, 2.75) is 31.9 Å². The van der Waals surface area contributed by atoms with Gasteiger partial charge in [0.2, 0.25) is 0 Å². The van der Waals surface area contributed by atoms with E-state index in [9.17, 15) is 14.3 Å². The van der Waals surface area contributed by atoms with Gasteiger partial charge in [-0.2, -0.15) is 0 Å². The highest BCUT2D eigenvalue weighted by molar-refractivity contribution is 9.10. The van der Waals surface area contributed by atoms with E-state index in [1.807, 2.05) is 0 Å². The summed E-state index contributed by atoms with van der Waals surface area (Å²) in [4.78, 5) is 11.9. The van der Waals surface area contributed by atoms with E-state index in [0.29, 0.717) is 16.5 Å². The van der Waals surface area contributed by atoms with Crippen molar-refractivity contribution in [1.29, 1.82) is 0 Å². The van der Waals surface area contributed by atoms with Gasteiger partial charge in [0.05, 0.1) is 6.61 Å². The first-order chi connectivity index (χ1) is 9.26. The summed E-state index contributed by atoms with van der Waals surface area (Å²) in [6, 6.07) is 4.48. The largest absolute Gasteiger partial charge is 0.381 e. The first-order valence-corrected chi connectivity index (χ1v) is 7.02. The van der Waals surface area contributed by atoms with Crippen LogP contribution >= 0.6 is 15.9 Å². The SMILES string of the molecule is COC[C@@](C)(O)C(=O)N[C@@H](C)Cc1ccc(Br)cc1F. The summed E-state index contributed by atoms with van der Waals surface area (Å²) in [6.07, 6.45) is 0.341. The van der Waals surface area contributed by atoms with Crippen LogP contribution in [0.4, 0.5) is 4.39 Å². The van der Waals surface area contributed by atoms with Gasteiger partial charge < -0.3 is 15.2 Å². The molecular weight excluding hydrogens is 329 g/mol. The molecule has 1 aromatic carbocycles. The molecule has 0 aliphatic rings. The van der Waals surface area contributed by atoms with E-state index in [4.69, 9.17) is 4.74 Å². The van der Waals surface area contributed by atoms with Gasteiger partial charge in [-0.25, -0.2) is 4.39 Å². The van der Waals surface area contributed by atoms with E-state index in [1.165, 1.54) is 20.1 Å². The van der Waals surface area contributed by atoms with Crippen molar-refractivity contribution in [3.05, 3.63) is 34.1 Å². The number of benzene rings is 1. The van der Waals surface area contributed by atoms with E-state index in [1.54, 1.807) is 19.1 Å². The lowest BCUT2D eigenvalue weighted by Gasteiger charge is -2.24. The van der Waals surface area contributed by atoms with Crippen molar-refractivity contribution in [2.75, 3.05) is 13.7 Å². The first-order valence-electron chi connectivity index (χ1n) is 6.22. The van der Waals surface area contributed by atoms with Crippen LogP contribution in [-0.2, 0) is 16.0 Å². The quantitative estimate of drug-likeness (QED) is 0.827. The Bertz CT molecular complexity index is 479. The molecule has 6 heteroatoms. The molecular formula is C14H19BrFNO3. The molecule has 0 bridgehead atoms. The maximum absolute atomic E-state index is 13.7. The molecule has 0 aliphatic heterocycles. The van der Waals surface area contributed by atoms with Crippen LogP contribution in [0.5, 0.6) is 0 Å². The van der Waals surface area contributed by atoms with Gasteiger partial charge in [-0.3, -0.25) is 4.79 Å². The smallest absolute Gasteiger partial charge is 0.254 e. The standard InChI is InChI=1S/C14H19BrFNO3/c1-9(17-13(18)14(2,19)8-20-3)6-10-4-5-11(15)7-12(10)16/h4-5,7,9,19H,6,8H2,1-3H3,(H,17,18)/t9-,14+/m0/s1. The van der Waals surface area contributed by atoms with Gasteiger partial charge in [0.25, 0.3) is 5.91 Å². The van der Waals surface area contributed by atoms with Gasteiger partial charge in [0, 0.05) is 17.6 Å². The van der Waals surface area contributed by atoms with E-state index in [0.717, 1.165) is 0 Å². The van der Waals surface area contributed by atoms with Crippen LogP contribution in [0.3, 0.4) is 0 Å². The second-order valence-corrected chi connectivity index (χ2v) is 5.94. The minimum Gasteiger partial charge on any atom is -0.381 e. The monoisotopic (exact) mass is 347 g/mol. The molecule has 20 heavy (non-hydrogen) atoms. The molecule has 1 rings (SSSR count). The van der Waals surface area contributed by atoms with Crippen molar-refractivity contribution in [3.63, 3.8) is 0 Å². The van der Waals surface area contributed by atoms with Crippen molar-refractivity contribution >= 4 is 21.8 Å². The molecule has 0 aromatic heterocycles. The number of carbonyl (C=O) groups excluding carboxylic acids is 1. The van der Waals surface area contributed by atoms with E-state index < -0.39 is 11.5 Å². The van der Waals surface area contributed by atoms with Gasteiger partial charge in [0.15, 0.2) is 5.60 Å². The second-order valence-electron chi connectivity index (χ2n) is 5.02. The predicted molar refractivity (Wildman–Crippen MR) is 77.9 cm³/mol. The Labute approximate surface area is 126 Å². The molecule has 1 aromatic rings. The van der Waals surface area contributed by atoms with Crippen molar-refractivity contribution in [2.24, 2.45) is 0 Å². The summed E-state index contributed by atoms with van der Waals surface area (Å²) < 4.78 is 19.1. The van der Waals surface area contributed by atoms with Gasteiger partial charge in [-0.15, -0.1) is 0 Å². The number of aliphatic hydroxyl groups is 1. The first kappa shape index (κ1) is 17.1. The average Bonchev–Trinajstić information content (AvgIpc) is 2.32. The number of nitrogens with one attached hydrogen (secondary N) is 1. The molecule has 0 unspecified atom stereocenters. The molecule has 4 nitrogen and oxygen atoms in total. The second kappa shape index (κ2) is 7.15. The molecule has 2 atom stereocenters. The molecule has 2 N–H and O–H groups in total. The third kappa shape index (κ3) is 4.85. The molecule has 0 heterocycles. The number of hydrogen-bond donors (Lipinski definition) is 2. The lowest BCUT2D eigenvalue weighted by atomic mass is 10.0. The molecule has 0 aliphatic carbocycles. The van der Waals surface area contributed by atoms with Crippen molar-refractivity contribution in [1.82, 2.24) is 5.32 Å². The fourth-order valence-corrected chi connectivity index (χ4v) is 2.13. The van der Waals surface area contributed by atoms with E-state index in [2.05, 4.69) is 21.2 Å². The van der Waals surface area contributed by atoms with Gasteiger partial charge in [0.1, 0.15) is 5.82 Å². The number of halogens is 2. The normalized spacial score (nSPS) is 15.5. The maximum atomic E-state index is 13.7. The van der Waals surface area contributed by atoms with Crippen LogP contribution in [0.15, 0.2) is 22.7 Å². The number of hydrogen-bond acceptors (Lipinski definition) is 3. The van der Waals surface area contributed by atoms with Crippen molar-refractivity contribution < 1.29 is 19.0 Å². The number of rotatable bonds is 6. The van der Waals surface area contributed by atoms with Crippen LogP contribution in [0.1, 0.15) is 19.4 Å². The van der Waals surface area contributed by atoms with Crippen LogP contribution < -0.4 is 5.32 Å². The number of amides is 1. The molecule has 112 valence electrons. The van der Waals surface area contributed by atoms with Gasteiger partial charge in [-0.1, -0.05) is 22.0 Å². The third-order valence-electron chi connectivity index (χ3n) is 2.83. The zero-order chi connectivity index (χ0) is 15.3. The Morgan fingerprint density at radius 2 is 2.25 bits per heavy atom. The maximum Gasteiger partial charge on any atom is 0.254 e. The van der Waals surface area contributed by atoms with Crippen LogP contribution in [0.2, 0.25) is 0 Å². The Kier molecular flexibility index (Phi) is 6.10. The number of ether oxygens (including phenoxy) is 1. The predicted octanol–water partition coefficient (Wildman–Crippen LogP) is 2.03. The third-order valence-corrected chi connectivity index (χ3v) is 3.33. The van der Waals surface area contributed by atoms with Crippen LogP contribution in [0.25, 0.3) is 0 Å². The summed E-state index contributed by atoms with van der Waals surface area (Å²) in [5.74, 6) is -0.867. The zero-order valence-electron chi connectivity index (χ0n) is 11.7. The Hall–Kier alpha value is -0.980. The number of methoxy groups -OCH3 is 1. The highest BCUT2D eigenvalue weighted by Gasteiger charge is 2.31. The lowest BCUT2D eigenvalue weighted by Crippen LogP contribution is -2.50. The zero-order valence-corrected chi connectivity index (χ0v) is 13.3. The number of carbonyl (C=O) groups is 1. The Balaban J connectivity index is 2.63. The van der Waals surface area contributed by atoms with Crippen molar-refractivity contribution in [3.8, 4) is 0 Å². The molecule has 1 amide bonds. The van der Waals surface area contributed by atoms with E-state index >= 15 is 0 Å². The average molecular weight is 348 g/mol.